The molecule has 0 unspecified atom stereocenters. The maximum Gasteiger partial charge on any atom is 0.161 e. The highest BCUT2D eigenvalue weighted by Crippen LogP contribution is 2.39. The molecule has 9 heteroatoms. The van der Waals surface area contributed by atoms with Gasteiger partial charge in [0.2, 0.25) is 0 Å². The number of hydrogen-bond donors (Lipinski definition) is 6. The number of benzene rings is 4. The van der Waals surface area contributed by atoms with E-state index < -0.39 is 0 Å². The minimum Gasteiger partial charge on any atom is -0.504 e. The van der Waals surface area contributed by atoms with E-state index in [-0.39, 0.29) is 69.0 Å². The van der Waals surface area contributed by atoms with Gasteiger partial charge < -0.3 is 44.8 Å². The number of ether oxygens (including phenoxy) is 3. The zero-order valence-electron chi connectivity index (χ0n) is 16.8. The minimum absolute atomic E-state index is 0.220. The van der Waals surface area contributed by atoms with E-state index in [0.717, 1.165) is 0 Å². The van der Waals surface area contributed by atoms with Crippen LogP contribution in [0.15, 0.2) is 72.8 Å². The fourth-order valence-electron chi connectivity index (χ4n) is 2.83. The summed E-state index contributed by atoms with van der Waals surface area (Å²) in [6.45, 7) is 0. The Bertz CT molecular complexity index is 1140. The van der Waals surface area contributed by atoms with E-state index in [1.165, 1.54) is 72.8 Å². The van der Waals surface area contributed by atoms with Gasteiger partial charge in [-0.3, -0.25) is 0 Å². The Hall–Kier alpha value is -4.92. The number of aromatic hydroxyl groups is 6. The highest BCUT2D eigenvalue weighted by molar-refractivity contribution is 5.51. The minimum atomic E-state index is -0.365. The molecule has 4 aromatic carbocycles. The van der Waals surface area contributed by atoms with Crippen LogP contribution in [-0.4, -0.2) is 30.6 Å². The van der Waals surface area contributed by atoms with Crippen molar-refractivity contribution in [3.8, 4) is 69.0 Å². The van der Waals surface area contributed by atoms with Gasteiger partial charge in [0, 0.05) is 36.4 Å². The van der Waals surface area contributed by atoms with Crippen molar-refractivity contribution >= 4 is 0 Å². The van der Waals surface area contributed by atoms with Crippen LogP contribution in [0, 0.1) is 0 Å². The predicted molar refractivity (Wildman–Crippen MR) is 116 cm³/mol. The third-order valence-electron chi connectivity index (χ3n) is 4.40. The van der Waals surface area contributed by atoms with Crippen LogP contribution in [0.3, 0.4) is 0 Å². The van der Waals surface area contributed by atoms with Gasteiger partial charge in [0.15, 0.2) is 34.5 Å². The first-order chi connectivity index (χ1) is 15.8. The number of rotatable bonds is 6. The normalized spacial score (nSPS) is 10.5. The summed E-state index contributed by atoms with van der Waals surface area (Å²) in [4.78, 5) is 0. The fraction of sp³-hybridized carbons (Fsp3) is 0. The number of hydrogen-bond acceptors (Lipinski definition) is 9. The van der Waals surface area contributed by atoms with Crippen LogP contribution in [0.2, 0.25) is 0 Å². The summed E-state index contributed by atoms with van der Waals surface area (Å²) in [6.07, 6.45) is 0. The molecule has 0 aliphatic rings. The van der Waals surface area contributed by atoms with E-state index >= 15 is 0 Å². The maximum atomic E-state index is 9.71. The second-order valence-electron chi connectivity index (χ2n) is 6.90. The molecule has 0 atom stereocenters. The molecule has 4 rings (SSSR count). The third-order valence-corrected chi connectivity index (χ3v) is 4.40. The quantitative estimate of drug-likeness (QED) is 0.215. The zero-order chi connectivity index (χ0) is 23.5. The van der Waals surface area contributed by atoms with E-state index in [1.807, 2.05) is 0 Å². The lowest BCUT2D eigenvalue weighted by Gasteiger charge is -2.14. The van der Waals surface area contributed by atoms with Crippen molar-refractivity contribution in [2.24, 2.45) is 0 Å². The van der Waals surface area contributed by atoms with Gasteiger partial charge in [-0.05, 0) is 36.4 Å². The molecule has 0 aliphatic heterocycles. The monoisotopic (exact) mass is 450 g/mol. The van der Waals surface area contributed by atoms with Crippen LogP contribution in [0.4, 0.5) is 0 Å². The molecule has 0 aliphatic carbocycles. The molecule has 0 bridgehead atoms. The average molecular weight is 450 g/mol. The molecule has 6 N–H and O–H groups in total. The van der Waals surface area contributed by atoms with Gasteiger partial charge in [-0.15, -0.1) is 0 Å². The van der Waals surface area contributed by atoms with Crippen molar-refractivity contribution in [3.05, 3.63) is 72.8 Å². The summed E-state index contributed by atoms with van der Waals surface area (Å²) in [5, 5.41) is 57.6. The Morgan fingerprint density at radius 1 is 0.303 bits per heavy atom. The average Bonchev–Trinajstić information content (AvgIpc) is 2.76. The van der Waals surface area contributed by atoms with Crippen molar-refractivity contribution < 1.29 is 44.8 Å². The zero-order valence-corrected chi connectivity index (χ0v) is 16.8. The van der Waals surface area contributed by atoms with E-state index in [2.05, 4.69) is 0 Å². The molecular formula is C24H18O9. The van der Waals surface area contributed by atoms with Gasteiger partial charge in [0.1, 0.15) is 34.5 Å². The summed E-state index contributed by atoms with van der Waals surface area (Å²) < 4.78 is 17.2. The van der Waals surface area contributed by atoms with Crippen LogP contribution >= 0.6 is 0 Å². The summed E-state index contributed by atoms with van der Waals surface area (Å²) in [6, 6.07) is 16.3. The van der Waals surface area contributed by atoms with Crippen molar-refractivity contribution in [1.82, 2.24) is 0 Å². The lowest BCUT2D eigenvalue weighted by atomic mass is 10.2. The lowest BCUT2D eigenvalue weighted by molar-refractivity contribution is 0.393. The van der Waals surface area contributed by atoms with Crippen molar-refractivity contribution in [2.45, 2.75) is 0 Å². The van der Waals surface area contributed by atoms with Crippen molar-refractivity contribution in [3.63, 3.8) is 0 Å². The van der Waals surface area contributed by atoms with Crippen LogP contribution < -0.4 is 14.2 Å². The molecule has 0 fully saturated rings. The molecule has 0 spiro atoms. The van der Waals surface area contributed by atoms with Gasteiger partial charge in [-0.25, -0.2) is 0 Å². The van der Waals surface area contributed by atoms with E-state index in [9.17, 15) is 30.6 Å². The van der Waals surface area contributed by atoms with Gasteiger partial charge in [-0.1, -0.05) is 0 Å². The van der Waals surface area contributed by atoms with Crippen LogP contribution in [0.1, 0.15) is 0 Å². The summed E-state index contributed by atoms with van der Waals surface area (Å²) in [5.74, 6) is -0.639. The highest BCUT2D eigenvalue weighted by Gasteiger charge is 2.11. The summed E-state index contributed by atoms with van der Waals surface area (Å²) >= 11 is 0. The second kappa shape index (κ2) is 8.67. The van der Waals surface area contributed by atoms with Crippen molar-refractivity contribution in [1.29, 1.82) is 0 Å². The van der Waals surface area contributed by atoms with Gasteiger partial charge in [0.05, 0.1) is 0 Å². The highest BCUT2D eigenvalue weighted by atomic mass is 16.5. The summed E-state index contributed by atoms with van der Waals surface area (Å²) in [5.41, 5.74) is 0. The molecule has 168 valence electrons. The van der Waals surface area contributed by atoms with Crippen molar-refractivity contribution in [2.75, 3.05) is 0 Å². The third kappa shape index (κ3) is 5.05. The van der Waals surface area contributed by atoms with Gasteiger partial charge in [0.25, 0.3) is 0 Å². The van der Waals surface area contributed by atoms with E-state index in [0.29, 0.717) is 0 Å². The van der Waals surface area contributed by atoms with Crippen LogP contribution in [0.5, 0.6) is 69.0 Å². The lowest BCUT2D eigenvalue weighted by Crippen LogP contribution is -1.91. The van der Waals surface area contributed by atoms with Crippen LogP contribution in [0.25, 0.3) is 0 Å². The standard InChI is InChI=1S/C24H18O9/c25-19-4-1-13(10-22(19)28)31-16-7-17(32-14-2-5-20(26)23(29)11-14)9-18(8-16)33-15-3-6-21(27)24(30)12-15/h1-12,25-30H. The summed E-state index contributed by atoms with van der Waals surface area (Å²) in [7, 11) is 0. The Morgan fingerprint density at radius 3 is 0.818 bits per heavy atom. The van der Waals surface area contributed by atoms with Crippen LogP contribution in [-0.2, 0) is 0 Å². The van der Waals surface area contributed by atoms with Gasteiger partial charge >= 0.3 is 0 Å². The molecule has 0 saturated heterocycles. The molecule has 9 nitrogen and oxygen atoms in total. The number of phenols is 6. The first kappa shape index (κ1) is 21.3. The SMILES string of the molecule is Oc1ccc(Oc2cc(Oc3ccc(O)c(O)c3)cc(Oc3ccc(O)c(O)c3)c2)cc1O. The first-order valence-electron chi connectivity index (χ1n) is 9.51. The first-order valence-corrected chi connectivity index (χ1v) is 9.51. The molecule has 33 heavy (non-hydrogen) atoms. The van der Waals surface area contributed by atoms with Gasteiger partial charge in [-0.2, -0.15) is 0 Å². The predicted octanol–water partition coefficient (Wildman–Crippen LogP) is 5.30. The molecular weight excluding hydrogens is 432 g/mol. The van der Waals surface area contributed by atoms with E-state index in [1.54, 1.807) is 0 Å². The smallest absolute Gasteiger partial charge is 0.161 e. The second-order valence-corrected chi connectivity index (χ2v) is 6.90. The Balaban J connectivity index is 1.68. The molecule has 0 radical (unpaired) electrons. The maximum absolute atomic E-state index is 9.71. The number of phenolic OH excluding ortho intramolecular Hbond substituents is 6. The Kier molecular flexibility index (Phi) is 5.60. The van der Waals surface area contributed by atoms with E-state index in [4.69, 9.17) is 14.2 Å². The topological polar surface area (TPSA) is 149 Å². The molecule has 0 amide bonds. The largest absolute Gasteiger partial charge is 0.504 e. The molecule has 0 aromatic heterocycles. The molecule has 0 heterocycles. The Labute approximate surface area is 187 Å². The molecule has 0 saturated carbocycles. The molecule has 4 aromatic rings. The fourth-order valence-corrected chi connectivity index (χ4v) is 2.83. The Morgan fingerprint density at radius 2 is 0.576 bits per heavy atom.